The molecule has 0 spiro atoms. The van der Waals surface area contributed by atoms with Crippen LogP contribution in [0.25, 0.3) is 0 Å². The van der Waals surface area contributed by atoms with E-state index in [1.807, 2.05) is 66.7 Å². The third kappa shape index (κ3) is 7.27. The van der Waals surface area contributed by atoms with E-state index in [1.54, 1.807) is 48.5 Å². The van der Waals surface area contributed by atoms with Crippen LogP contribution in [0.3, 0.4) is 0 Å². The maximum absolute atomic E-state index is 13.6. The first-order valence-corrected chi connectivity index (χ1v) is 13.1. The molecular weight excluding hydrogens is 516 g/mol. The number of aliphatic hydroxyl groups is 1. The number of carboxylic acids is 1. The van der Waals surface area contributed by atoms with Crippen molar-refractivity contribution in [2.24, 2.45) is 5.73 Å². The molecule has 206 valence electrons. The lowest BCUT2D eigenvalue weighted by Crippen LogP contribution is -2.45. The van der Waals surface area contributed by atoms with E-state index in [2.05, 4.69) is 11.8 Å². The van der Waals surface area contributed by atoms with Crippen LogP contribution in [0.15, 0.2) is 115 Å². The highest BCUT2D eigenvalue weighted by molar-refractivity contribution is 5.96. The zero-order chi connectivity index (χ0) is 29.2. The van der Waals surface area contributed by atoms with E-state index in [0.717, 1.165) is 5.56 Å². The summed E-state index contributed by atoms with van der Waals surface area (Å²) in [5.41, 5.74) is 6.52. The highest BCUT2D eigenvalue weighted by atomic mass is 16.4. The fourth-order valence-electron chi connectivity index (χ4n) is 4.49. The molecule has 1 atom stereocenters. The Labute approximate surface area is 238 Å². The molecule has 0 radical (unpaired) electrons. The van der Waals surface area contributed by atoms with Crippen molar-refractivity contribution < 1.29 is 24.6 Å². The van der Waals surface area contributed by atoms with Gasteiger partial charge in [0.05, 0.1) is 0 Å². The number of aliphatic carboxylic acids is 1. The Morgan fingerprint density at radius 1 is 0.780 bits per heavy atom. The normalized spacial score (nSPS) is 11.5. The largest absolute Gasteiger partial charge is 0.480 e. The van der Waals surface area contributed by atoms with E-state index in [0.29, 0.717) is 16.7 Å². The lowest BCUT2D eigenvalue weighted by molar-refractivity contribution is -0.143. The average Bonchev–Trinajstić information content (AvgIpc) is 3.00. The van der Waals surface area contributed by atoms with Gasteiger partial charge in [0.2, 0.25) is 5.91 Å². The summed E-state index contributed by atoms with van der Waals surface area (Å²) in [5.74, 6) is 3.65. The summed E-state index contributed by atoms with van der Waals surface area (Å²) in [6, 6.07) is 32.5. The predicted molar refractivity (Wildman–Crippen MR) is 155 cm³/mol. The van der Waals surface area contributed by atoms with Gasteiger partial charge in [-0.1, -0.05) is 103 Å². The Bertz CT molecular complexity index is 1500. The number of carboxylic acid groups (broad SMARTS) is 1. The second-order valence-electron chi connectivity index (χ2n) is 9.55. The van der Waals surface area contributed by atoms with Gasteiger partial charge in [-0.05, 0) is 36.2 Å². The first-order valence-electron chi connectivity index (χ1n) is 13.1. The fraction of sp³-hybridized carbons (Fsp3) is 0.147. The molecule has 0 saturated heterocycles. The zero-order valence-corrected chi connectivity index (χ0v) is 22.3. The second kappa shape index (κ2) is 13.2. The van der Waals surface area contributed by atoms with Crippen LogP contribution in [-0.4, -0.2) is 38.9 Å². The molecule has 41 heavy (non-hydrogen) atoms. The van der Waals surface area contributed by atoms with Gasteiger partial charge < -0.3 is 20.8 Å². The Kier molecular flexibility index (Phi) is 9.31. The maximum atomic E-state index is 13.6. The zero-order valence-electron chi connectivity index (χ0n) is 22.3. The number of carbonyl (C=O) groups is 3. The van der Waals surface area contributed by atoms with Crippen molar-refractivity contribution in [3.05, 3.63) is 143 Å². The molecule has 4 aromatic carbocycles. The molecule has 7 nitrogen and oxygen atoms in total. The molecule has 7 heteroatoms. The van der Waals surface area contributed by atoms with Crippen molar-refractivity contribution in [1.29, 1.82) is 0 Å². The summed E-state index contributed by atoms with van der Waals surface area (Å²) in [4.78, 5) is 38.4. The van der Waals surface area contributed by atoms with Crippen LogP contribution in [0.4, 0.5) is 0 Å². The lowest BCUT2D eigenvalue weighted by atomic mass is 9.86. The minimum atomic E-state index is -1.56. The Balaban J connectivity index is 1.64. The van der Waals surface area contributed by atoms with Crippen LogP contribution in [-0.2, 0) is 21.7 Å². The summed E-state index contributed by atoms with van der Waals surface area (Å²) in [7, 11) is 0. The van der Waals surface area contributed by atoms with Gasteiger partial charge in [0.15, 0.2) is 5.60 Å². The van der Waals surface area contributed by atoms with Crippen LogP contribution >= 0.6 is 0 Å². The van der Waals surface area contributed by atoms with Gasteiger partial charge in [0, 0.05) is 35.2 Å². The number of rotatable bonds is 10. The highest BCUT2D eigenvalue weighted by Gasteiger charge is 2.31. The number of hydrogen-bond acceptors (Lipinski definition) is 4. The van der Waals surface area contributed by atoms with E-state index in [1.165, 1.54) is 4.90 Å². The maximum Gasteiger partial charge on any atom is 0.326 e. The van der Waals surface area contributed by atoms with Crippen LogP contribution in [0, 0.1) is 11.8 Å². The summed E-state index contributed by atoms with van der Waals surface area (Å²) >= 11 is 0. The van der Waals surface area contributed by atoms with E-state index < -0.39 is 29.4 Å². The average molecular weight is 547 g/mol. The molecule has 0 fully saturated rings. The number of benzene rings is 4. The number of amides is 2. The van der Waals surface area contributed by atoms with Gasteiger partial charge in [0.1, 0.15) is 6.04 Å². The summed E-state index contributed by atoms with van der Waals surface area (Å²) < 4.78 is 0. The number of nitrogens with two attached hydrogens (primary N) is 1. The molecule has 0 aliphatic heterocycles. The van der Waals surface area contributed by atoms with Gasteiger partial charge in [-0.2, -0.15) is 0 Å². The molecule has 2 amide bonds. The molecule has 0 unspecified atom stereocenters. The molecule has 0 heterocycles. The molecule has 4 rings (SSSR count). The molecule has 4 aromatic rings. The van der Waals surface area contributed by atoms with Gasteiger partial charge >= 0.3 is 5.97 Å². The third-order valence-corrected chi connectivity index (χ3v) is 6.68. The topological polar surface area (TPSA) is 121 Å². The molecule has 0 aliphatic rings. The van der Waals surface area contributed by atoms with Crippen molar-refractivity contribution in [3.63, 3.8) is 0 Å². The quantitative estimate of drug-likeness (QED) is 0.256. The van der Waals surface area contributed by atoms with Gasteiger partial charge in [-0.25, -0.2) is 4.79 Å². The third-order valence-electron chi connectivity index (χ3n) is 6.68. The van der Waals surface area contributed by atoms with Gasteiger partial charge in [0.25, 0.3) is 5.91 Å². The van der Waals surface area contributed by atoms with E-state index in [4.69, 9.17) is 5.73 Å². The lowest BCUT2D eigenvalue weighted by Gasteiger charge is -2.29. The first-order chi connectivity index (χ1) is 19.8. The molecule has 0 bridgehead atoms. The number of primary amides is 1. The molecule has 0 saturated carbocycles. The standard InChI is InChI=1S/C34H30N2O5/c35-31(37)21-20-30(33(39)40)36(24-26-10-4-1-5-11-26)32(38)27-18-16-25(17-19-27)22-23-34(41,28-12-6-2-7-13-28)29-14-8-3-9-15-29/h1-19,30,41H,20-21,24H2,(H2,35,37)(H,39,40)/t30-/m0/s1. The fourth-order valence-corrected chi connectivity index (χ4v) is 4.49. The van der Waals surface area contributed by atoms with Gasteiger partial charge in [-0.15, -0.1) is 0 Å². The van der Waals surface area contributed by atoms with E-state index in [-0.39, 0.29) is 24.9 Å². The summed E-state index contributed by atoms with van der Waals surface area (Å²) in [6.45, 7) is 0.0398. The number of carbonyl (C=O) groups excluding carboxylic acids is 2. The second-order valence-corrected chi connectivity index (χ2v) is 9.55. The van der Waals surface area contributed by atoms with Crippen LogP contribution in [0.1, 0.15) is 45.5 Å². The first kappa shape index (κ1) is 28.8. The van der Waals surface area contributed by atoms with Crippen molar-refractivity contribution in [2.75, 3.05) is 0 Å². The summed E-state index contributed by atoms with van der Waals surface area (Å²) in [5, 5.41) is 21.6. The van der Waals surface area contributed by atoms with Crippen molar-refractivity contribution >= 4 is 17.8 Å². The minimum Gasteiger partial charge on any atom is -0.480 e. The molecule has 0 aliphatic carbocycles. The van der Waals surface area contributed by atoms with Gasteiger partial charge in [-0.3, -0.25) is 9.59 Å². The Morgan fingerprint density at radius 3 is 1.78 bits per heavy atom. The van der Waals surface area contributed by atoms with Crippen LogP contribution in [0.5, 0.6) is 0 Å². The molecular formula is C34H30N2O5. The van der Waals surface area contributed by atoms with Crippen LogP contribution < -0.4 is 5.73 Å². The van der Waals surface area contributed by atoms with Crippen LogP contribution in [0.2, 0.25) is 0 Å². The Morgan fingerprint density at radius 2 is 1.29 bits per heavy atom. The Hall–Kier alpha value is -5.19. The van der Waals surface area contributed by atoms with Crippen molar-refractivity contribution in [2.45, 2.75) is 31.0 Å². The predicted octanol–water partition coefficient (Wildman–Crippen LogP) is 4.34. The minimum absolute atomic E-state index is 0.0398. The molecule has 4 N–H and O–H groups in total. The monoisotopic (exact) mass is 546 g/mol. The van der Waals surface area contributed by atoms with E-state index >= 15 is 0 Å². The van der Waals surface area contributed by atoms with Crippen molar-refractivity contribution in [3.8, 4) is 11.8 Å². The highest BCUT2D eigenvalue weighted by Crippen LogP contribution is 2.29. The number of hydrogen-bond donors (Lipinski definition) is 3. The summed E-state index contributed by atoms with van der Waals surface area (Å²) in [6.07, 6.45) is -0.278. The van der Waals surface area contributed by atoms with E-state index in [9.17, 15) is 24.6 Å². The number of nitrogens with zero attached hydrogens (tertiary/aromatic N) is 1. The van der Waals surface area contributed by atoms with Crippen molar-refractivity contribution in [1.82, 2.24) is 4.90 Å². The smallest absolute Gasteiger partial charge is 0.326 e. The molecule has 0 aromatic heterocycles. The SMILES string of the molecule is NC(=O)CC[C@@H](C(=O)O)N(Cc1ccccc1)C(=O)c1ccc(C#CC(O)(c2ccccc2)c2ccccc2)cc1.